The Labute approximate surface area is 165 Å². The first kappa shape index (κ1) is 19.5. The van der Waals surface area contributed by atoms with Crippen molar-refractivity contribution < 1.29 is 4.79 Å². The fraction of sp³-hybridized carbons (Fsp3) is 0.450. The van der Waals surface area contributed by atoms with Crippen molar-refractivity contribution >= 4 is 17.4 Å². The smallest absolute Gasteiger partial charge is 0.291 e. The molecule has 0 aliphatic carbocycles. The Bertz CT molecular complexity index is 948. The normalized spacial score (nSPS) is 16.0. The van der Waals surface area contributed by atoms with Gasteiger partial charge in [-0.05, 0) is 38.8 Å². The molecule has 1 atom stereocenters. The van der Waals surface area contributed by atoms with Crippen molar-refractivity contribution in [2.45, 2.75) is 33.2 Å². The summed E-state index contributed by atoms with van der Waals surface area (Å²) in [5.41, 5.74) is 3.98. The number of rotatable bonds is 4. The SMILES string of the molecule is Cc1ccnc(C#N)c1N[C@@H]1CCN(c2nc(C(=O)N(C)C)nc(C)c2C)C1. The number of hydrogen-bond donors (Lipinski definition) is 1. The van der Waals surface area contributed by atoms with E-state index in [2.05, 4.69) is 31.2 Å². The van der Waals surface area contributed by atoms with Gasteiger partial charge in [0.25, 0.3) is 5.91 Å². The Morgan fingerprint density at radius 3 is 2.75 bits per heavy atom. The lowest BCUT2D eigenvalue weighted by Gasteiger charge is -2.22. The summed E-state index contributed by atoms with van der Waals surface area (Å²) in [7, 11) is 3.39. The number of aryl methyl sites for hydroxylation is 2. The van der Waals surface area contributed by atoms with Crippen LogP contribution in [0.15, 0.2) is 12.3 Å². The average Bonchev–Trinajstić information content (AvgIpc) is 3.13. The van der Waals surface area contributed by atoms with Crippen molar-refractivity contribution in [1.29, 1.82) is 5.26 Å². The topological polar surface area (TPSA) is 98.0 Å². The molecule has 0 bridgehead atoms. The molecule has 0 spiro atoms. The van der Waals surface area contributed by atoms with E-state index in [1.165, 1.54) is 4.90 Å². The number of hydrogen-bond acceptors (Lipinski definition) is 7. The monoisotopic (exact) mass is 379 g/mol. The standard InChI is InChI=1S/C20H25N7O/c1-12-6-8-22-16(10-21)17(12)24-15-7-9-27(11-15)19-13(2)14(3)23-18(25-19)20(28)26(4)5/h6,8,15,24H,7,9,11H2,1-5H3/t15-/m1/s1. The van der Waals surface area contributed by atoms with Crippen molar-refractivity contribution in [3.8, 4) is 6.07 Å². The molecule has 2 aromatic heterocycles. The molecular weight excluding hydrogens is 354 g/mol. The molecule has 1 N–H and O–H groups in total. The van der Waals surface area contributed by atoms with Crippen LogP contribution in [0.25, 0.3) is 0 Å². The van der Waals surface area contributed by atoms with Gasteiger partial charge in [0.15, 0.2) is 5.69 Å². The van der Waals surface area contributed by atoms with Gasteiger partial charge in [0.2, 0.25) is 5.82 Å². The molecule has 8 heteroatoms. The lowest BCUT2D eigenvalue weighted by atomic mass is 10.1. The summed E-state index contributed by atoms with van der Waals surface area (Å²) >= 11 is 0. The molecule has 1 amide bonds. The molecule has 1 aliphatic heterocycles. The summed E-state index contributed by atoms with van der Waals surface area (Å²) in [6.45, 7) is 7.39. The molecule has 1 saturated heterocycles. The molecule has 3 heterocycles. The van der Waals surface area contributed by atoms with Crippen molar-refractivity contribution in [2.24, 2.45) is 0 Å². The maximum Gasteiger partial charge on any atom is 0.291 e. The van der Waals surface area contributed by atoms with E-state index >= 15 is 0 Å². The second-order valence-electron chi connectivity index (χ2n) is 7.32. The van der Waals surface area contributed by atoms with Crippen LogP contribution in [-0.2, 0) is 0 Å². The number of nitriles is 1. The van der Waals surface area contributed by atoms with Gasteiger partial charge in [-0.15, -0.1) is 0 Å². The van der Waals surface area contributed by atoms with E-state index in [-0.39, 0.29) is 17.8 Å². The number of nitrogens with one attached hydrogen (secondary N) is 1. The maximum atomic E-state index is 12.3. The lowest BCUT2D eigenvalue weighted by Crippen LogP contribution is -2.30. The van der Waals surface area contributed by atoms with Crippen LogP contribution in [0.5, 0.6) is 0 Å². The molecule has 28 heavy (non-hydrogen) atoms. The van der Waals surface area contributed by atoms with Crippen molar-refractivity contribution in [2.75, 3.05) is 37.4 Å². The first-order valence-electron chi connectivity index (χ1n) is 9.26. The quantitative estimate of drug-likeness (QED) is 0.868. The van der Waals surface area contributed by atoms with Gasteiger partial charge in [0.1, 0.15) is 11.9 Å². The Kier molecular flexibility index (Phi) is 5.45. The summed E-state index contributed by atoms with van der Waals surface area (Å²) in [5, 5.41) is 12.8. The Morgan fingerprint density at radius 1 is 1.32 bits per heavy atom. The van der Waals surface area contributed by atoms with Crippen LogP contribution in [0.4, 0.5) is 11.5 Å². The Balaban J connectivity index is 1.83. The fourth-order valence-corrected chi connectivity index (χ4v) is 3.32. The second-order valence-corrected chi connectivity index (χ2v) is 7.32. The molecule has 8 nitrogen and oxygen atoms in total. The molecule has 0 saturated carbocycles. The van der Waals surface area contributed by atoms with Crippen LogP contribution in [0.1, 0.15) is 39.6 Å². The predicted molar refractivity (Wildman–Crippen MR) is 107 cm³/mol. The van der Waals surface area contributed by atoms with Crippen molar-refractivity contribution in [3.63, 3.8) is 0 Å². The largest absolute Gasteiger partial charge is 0.378 e. The number of amides is 1. The van der Waals surface area contributed by atoms with Crippen molar-refractivity contribution in [3.05, 3.63) is 40.6 Å². The van der Waals surface area contributed by atoms with Gasteiger partial charge in [-0.25, -0.2) is 15.0 Å². The van der Waals surface area contributed by atoms with Gasteiger partial charge < -0.3 is 15.1 Å². The molecule has 3 rings (SSSR count). The minimum atomic E-state index is -0.206. The average molecular weight is 379 g/mol. The molecular formula is C20H25N7O. The van der Waals surface area contributed by atoms with Crippen molar-refractivity contribution in [1.82, 2.24) is 19.9 Å². The first-order valence-corrected chi connectivity index (χ1v) is 9.26. The summed E-state index contributed by atoms with van der Waals surface area (Å²) in [4.78, 5) is 29.0. The highest BCUT2D eigenvalue weighted by atomic mass is 16.2. The van der Waals surface area contributed by atoms with E-state index in [0.717, 1.165) is 47.8 Å². The van der Waals surface area contributed by atoms with Crippen LogP contribution >= 0.6 is 0 Å². The number of anilines is 2. The highest BCUT2D eigenvalue weighted by molar-refractivity contribution is 5.90. The summed E-state index contributed by atoms with van der Waals surface area (Å²) in [5.74, 6) is 0.808. The van der Waals surface area contributed by atoms with Gasteiger partial charge in [-0.1, -0.05) is 0 Å². The summed E-state index contributed by atoms with van der Waals surface area (Å²) in [6, 6.07) is 4.21. The maximum absolute atomic E-state index is 12.3. The molecule has 2 aromatic rings. The number of carbonyl (C=O) groups is 1. The van der Waals surface area contributed by atoms with Crippen LogP contribution in [-0.4, -0.2) is 59.0 Å². The zero-order valence-electron chi connectivity index (χ0n) is 16.9. The molecule has 0 radical (unpaired) electrons. The highest BCUT2D eigenvalue weighted by Crippen LogP contribution is 2.27. The number of carbonyl (C=O) groups excluding carboxylic acids is 1. The van der Waals surface area contributed by atoms with E-state index in [0.29, 0.717) is 5.69 Å². The third-order valence-electron chi connectivity index (χ3n) is 5.06. The van der Waals surface area contributed by atoms with Gasteiger partial charge in [-0.2, -0.15) is 5.26 Å². The third-order valence-corrected chi connectivity index (χ3v) is 5.06. The van der Waals surface area contributed by atoms with Gasteiger partial charge in [-0.3, -0.25) is 4.79 Å². The van der Waals surface area contributed by atoms with E-state index in [9.17, 15) is 10.1 Å². The third kappa shape index (κ3) is 3.74. The van der Waals surface area contributed by atoms with Crippen LogP contribution in [0, 0.1) is 32.1 Å². The molecule has 1 fully saturated rings. The van der Waals surface area contributed by atoms with E-state index < -0.39 is 0 Å². The van der Waals surface area contributed by atoms with Crippen LogP contribution in [0.3, 0.4) is 0 Å². The molecule has 0 aromatic carbocycles. The van der Waals surface area contributed by atoms with Gasteiger partial charge >= 0.3 is 0 Å². The van der Waals surface area contributed by atoms with Crippen LogP contribution < -0.4 is 10.2 Å². The Morgan fingerprint density at radius 2 is 2.07 bits per heavy atom. The molecule has 1 aliphatic rings. The molecule has 146 valence electrons. The van der Waals surface area contributed by atoms with E-state index in [1.807, 2.05) is 26.8 Å². The van der Waals surface area contributed by atoms with Gasteiger partial charge in [0.05, 0.1) is 5.69 Å². The lowest BCUT2D eigenvalue weighted by molar-refractivity contribution is 0.0815. The zero-order chi connectivity index (χ0) is 20.4. The number of nitrogens with zero attached hydrogens (tertiary/aromatic N) is 6. The summed E-state index contributed by atoms with van der Waals surface area (Å²) in [6.07, 6.45) is 2.55. The highest BCUT2D eigenvalue weighted by Gasteiger charge is 2.27. The first-order chi connectivity index (χ1) is 13.3. The number of pyridine rings is 1. The minimum Gasteiger partial charge on any atom is -0.378 e. The predicted octanol–water partition coefficient (Wildman–Crippen LogP) is 2.06. The van der Waals surface area contributed by atoms with E-state index in [1.54, 1.807) is 20.3 Å². The minimum absolute atomic E-state index is 0.165. The fourth-order valence-electron chi connectivity index (χ4n) is 3.32. The summed E-state index contributed by atoms with van der Waals surface area (Å²) < 4.78 is 0. The van der Waals surface area contributed by atoms with E-state index in [4.69, 9.17) is 0 Å². The number of aromatic nitrogens is 3. The van der Waals surface area contributed by atoms with Gasteiger partial charge in [0, 0.05) is 50.7 Å². The second kappa shape index (κ2) is 7.80. The zero-order valence-corrected chi connectivity index (χ0v) is 16.9. The van der Waals surface area contributed by atoms with Crippen LogP contribution in [0.2, 0.25) is 0 Å². The Hall–Kier alpha value is -3.21. The molecule has 0 unspecified atom stereocenters.